The van der Waals surface area contributed by atoms with Gasteiger partial charge in [0, 0.05) is 31.6 Å². The number of hydrogen-bond donors (Lipinski definition) is 2. The van der Waals surface area contributed by atoms with E-state index in [2.05, 4.69) is 15.3 Å². The first-order valence-corrected chi connectivity index (χ1v) is 9.68. The molecule has 1 atom stereocenters. The second-order valence-corrected chi connectivity index (χ2v) is 6.72. The summed E-state index contributed by atoms with van der Waals surface area (Å²) in [7, 11) is 4.64. The Morgan fingerprint density at radius 1 is 1.23 bits per heavy atom. The Morgan fingerprint density at radius 3 is 2.61 bits per heavy atom. The van der Waals surface area contributed by atoms with Crippen LogP contribution in [0, 0.1) is 0 Å². The van der Waals surface area contributed by atoms with E-state index >= 15 is 0 Å². The average molecular weight is 423 g/mol. The zero-order valence-corrected chi connectivity index (χ0v) is 17.7. The van der Waals surface area contributed by atoms with E-state index < -0.39 is 6.04 Å². The standard InChI is InChI=1S/C22H25N5O4/c1-24-20-15(26-21(28)16-6-4-5-10-25-16)9-11-27(17(20)13-23)22(29)14-7-8-18(30-2)19(12-14)31-3/h4-8,10,12-13,15H,9,11,23H2,1-3H3,(H,26,28). The fourth-order valence-corrected chi connectivity index (χ4v) is 3.48. The minimum Gasteiger partial charge on any atom is -0.493 e. The molecule has 1 unspecified atom stereocenters. The van der Waals surface area contributed by atoms with Crippen LogP contribution in [0.5, 0.6) is 11.5 Å². The lowest BCUT2D eigenvalue weighted by Gasteiger charge is -2.35. The summed E-state index contributed by atoms with van der Waals surface area (Å²) in [5.74, 6) is 0.407. The third kappa shape index (κ3) is 4.50. The van der Waals surface area contributed by atoms with Gasteiger partial charge in [-0.15, -0.1) is 0 Å². The first kappa shape index (κ1) is 21.8. The molecule has 2 amide bonds. The number of pyridine rings is 1. The molecule has 1 aliphatic heterocycles. The molecule has 0 spiro atoms. The van der Waals surface area contributed by atoms with Crippen molar-refractivity contribution < 1.29 is 19.1 Å². The number of aromatic nitrogens is 1. The van der Waals surface area contributed by atoms with Crippen molar-refractivity contribution in [3.05, 3.63) is 65.7 Å². The predicted octanol–water partition coefficient (Wildman–Crippen LogP) is 1.61. The molecular weight excluding hydrogens is 398 g/mol. The molecule has 1 aliphatic rings. The lowest BCUT2D eigenvalue weighted by atomic mass is 9.97. The number of nitrogens with one attached hydrogen (secondary N) is 1. The smallest absolute Gasteiger partial charge is 0.270 e. The zero-order valence-electron chi connectivity index (χ0n) is 17.7. The molecule has 31 heavy (non-hydrogen) atoms. The lowest BCUT2D eigenvalue weighted by molar-refractivity contribution is 0.0799. The van der Waals surface area contributed by atoms with Gasteiger partial charge in [-0.25, -0.2) is 0 Å². The van der Waals surface area contributed by atoms with Crippen molar-refractivity contribution in [2.75, 3.05) is 27.8 Å². The molecule has 3 N–H and O–H groups in total. The number of ether oxygens (including phenoxy) is 2. The van der Waals surface area contributed by atoms with Crippen molar-refractivity contribution in [3.63, 3.8) is 0 Å². The molecule has 2 heterocycles. The van der Waals surface area contributed by atoms with Gasteiger partial charge in [0.2, 0.25) is 0 Å². The van der Waals surface area contributed by atoms with E-state index in [0.717, 1.165) is 0 Å². The van der Waals surface area contributed by atoms with Gasteiger partial charge >= 0.3 is 0 Å². The monoisotopic (exact) mass is 423 g/mol. The number of aliphatic imine (C=N–C) groups is 1. The molecular formula is C22H25N5O4. The van der Waals surface area contributed by atoms with E-state index in [9.17, 15) is 9.59 Å². The summed E-state index contributed by atoms with van der Waals surface area (Å²) in [6, 6.07) is 9.67. The Hall–Kier alpha value is -3.88. The molecule has 0 radical (unpaired) electrons. The summed E-state index contributed by atoms with van der Waals surface area (Å²) < 4.78 is 10.5. The number of amides is 2. The first-order chi connectivity index (χ1) is 15.0. The SMILES string of the molecule is CN=C1C(=CN)N(C(=O)c2ccc(OC)c(OC)c2)CCC1NC(=O)c1ccccn1. The summed E-state index contributed by atoms with van der Waals surface area (Å²) >= 11 is 0. The summed E-state index contributed by atoms with van der Waals surface area (Å²) in [5.41, 5.74) is 7.56. The zero-order chi connectivity index (χ0) is 22.4. The highest BCUT2D eigenvalue weighted by Crippen LogP contribution is 2.29. The number of nitrogens with zero attached hydrogens (tertiary/aromatic N) is 3. The molecule has 9 heteroatoms. The van der Waals surface area contributed by atoms with Gasteiger partial charge in [0.1, 0.15) is 5.69 Å². The minimum absolute atomic E-state index is 0.256. The van der Waals surface area contributed by atoms with Crippen LogP contribution in [0.15, 0.2) is 59.5 Å². The van der Waals surface area contributed by atoms with Gasteiger partial charge in [-0.1, -0.05) is 6.07 Å². The quantitative estimate of drug-likeness (QED) is 0.754. The predicted molar refractivity (Wildman–Crippen MR) is 116 cm³/mol. The van der Waals surface area contributed by atoms with Crippen LogP contribution in [-0.2, 0) is 0 Å². The van der Waals surface area contributed by atoms with Gasteiger partial charge in [-0.05, 0) is 36.8 Å². The molecule has 1 saturated heterocycles. The van der Waals surface area contributed by atoms with Crippen LogP contribution in [-0.4, -0.2) is 61.3 Å². The number of carbonyl (C=O) groups excluding carboxylic acids is 2. The van der Waals surface area contributed by atoms with Crippen LogP contribution in [0.3, 0.4) is 0 Å². The molecule has 3 rings (SSSR count). The molecule has 0 aliphatic carbocycles. The van der Waals surface area contributed by atoms with Gasteiger partial charge in [0.15, 0.2) is 11.5 Å². The van der Waals surface area contributed by atoms with Crippen molar-refractivity contribution in [2.24, 2.45) is 10.7 Å². The Morgan fingerprint density at radius 2 is 2.00 bits per heavy atom. The maximum absolute atomic E-state index is 13.2. The molecule has 162 valence electrons. The Labute approximate surface area is 180 Å². The fraction of sp³-hybridized carbons (Fsp3) is 0.273. The average Bonchev–Trinajstić information content (AvgIpc) is 2.83. The molecule has 1 aromatic carbocycles. The van der Waals surface area contributed by atoms with Crippen molar-refractivity contribution in [2.45, 2.75) is 12.5 Å². The number of nitrogens with two attached hydrogens (primary N) is 1. The molecule has 9 nitrogen and oxygen atoms in total. The van der Waals surface area contributed by atoms with Crippen molar-refractivity contribution in [1.29, 1.82) is 0 Å². The van der Waals surface area contributed by atoms with E-state index in [-0.39, 0.29) is 11.8 Å². The summed E-state index contributed by atoms with van der Waals surface area (Å²) in [5, 5.41) is 2.93. The van der Waals surface area contributed by atoms with Crippen LogP contribution in [0.1, 0.15) is 27.3 Å². The number of rotatable bonds is 5. The summed E-state index contributed by atoms with van der Waals surface area (Å²) in [6.45, 7) is 0.350. The summed E-state index contributed by atoms with van der Waals surface area (Å²) in [4.78, 5) is 35.7. The fourth-order valence-electron chi connectivity index (χ4n) is 3.48. The second kappa shape index (κ2) is 9.75. The second-order valence-electron chi connectivity index (χ2n) is 6.72. The number of methoxy groups -OCH3 is 2. The Kier molecular flexibility index (Phi) is 6.86. The minimum atomic E-state index is -0.399. The number of hydrogen-bond acceptors (Lipinski definition) is 7. The number of benzene rings is 1. The maximum Gasteiger partial charge on any atom is 0.270 e. The largest absolute Gasteiger partial charge is 0.493 e. The van der Waals surface area contributed by atoms with Gasteiger partial charge in [-0.3, -0.25) is 19.6 Å². The molecule has 1 fully saturated rings. The maximum atomic E-state index is 13.2. The van der Waals surface area contributed by atoms with Crippen LogP contribution in [0.4, 0.5) is 0 Å². The van der Waals surface area contributed by atoms with Crippen LogP contribution >= 0.6 is 0 Å². The van der Waals surface area contributed by atoms with Crippen LogP contribution < -0.4 is 20.5 Å². The van der Waals surface area contributed by atoms with Gasteiger partial charge in [-0.2, -0.15) is 0 Å². The normalized spacial score (nSPS) is 18.7. The number of piperidine rings is 1. The Bertz CT molecular complexity index is 1020. The van der Waals surface area contributed by atoms with E-state index in [1.165, 1.54) is 20.4 Å². The van der Waals surface area contributed by atoms with E-state index in [4.69, 9.17) is 15.2 Å². The van der Waals surface area contributed by atoms with E-state index in [1.807, 2.05) is 0 Å². The molecule has 0 saturated carbocycles. The van der Waals surface area contributed by atoms with Crippen molar-refractivity contribution >= 4 is 17.5 Å². The molecule has 0 bridgehead atoms. The summed E-state index contributed by atoms with van der Waals surface area (Å²) in [6.07, 6.45) is 3.36. The third-order valence-corrected chi connectivity index (χ3v) is 5.00. The highest BCUT2D eigenvalue weighted by molar-refractivity contribution is 6.11. The van der Waals surface area contributed by atoms with Gasteiger partial charge in [0.25, 0.3) is 11.8 Å². The van der Waals surface area contributed by atoms with Gasteiger partial charge < -0.3 is 25.4 Å². The lowest BCUT2D eigenvalue weighted by Crippen LogP contribution is -2.52. The van der Waals surface area contributed by atoms with E-state index in [1.54, 1.807) is 54.5 Å². The van der Waals surface area contributed by atoms with Crippen LogP contribution in [0.2, 0.25) is 0 Å². The molecule has 2 aromatic rings. The highest BCUT2D eigenvalue weighted by Gasteiger charge is 2.34. The van der Waals surface area contributed by atoms with E-state index in [0.29, 0.717) is 47.1 Å². The highest BCUT2D eigenvalue weighted by atomic mass is 16.5. The van der Waals surface area contributed by atoms with Crippen molar-refractivity contribution in [1.82, 2.24) is 15.2 Å². The topological polar surface area (TPSA) is 119 Å². The number of likely N-dealkylation sites (tertiary alicyclic amines) is 1. The number of carbonyl (C=O) groups is 2. The molecule has 1 aromatic heterocycles. The first-order valence-electron chi connectivity index (χ1n) is 9.68. The Balaban J connectivity index is 1.82. The van der Waals surface area contributed by atoms with Crippen LogP contribution in [0.25, 0.3) is 0 Å². The van der Waals surface area contributed by atoms with Gasteiger partial charge in [0.05, 0.1) is 31.7 Å². The third-order valence-electron chi connectivity index (χ3n) is 5.00. The van der Waals surface area contributed by atoms with Crippen molar-refractivity contribution in [3.8, 4) is 11.5 Å².